The highest BCUT2D eigenvalue weighted by atomic mass is 19.1. The maximum absolute atomic E-state index is 13.1. The van der Waals surface area contributed by atoms with E-state index in [1.807, 2.05) is 6.07 Å². The third kappa shape index (κ3) is 3.30. The lowest BCUT2D eigenvalue weighted by molar-refractivity contribution is -0.0865. The number of morpholine rings is 1. The Balaban J connectivity index is 1.50. The van der Waals surface area contributed by atoms with Gasteiger partial charge in [-0.1, -0.05) is 18.9 Å². The Morgan fingerprint density at radius 2 is 2.20 bits per heavy atom. The van der Waals surface area contributed by atoms with Gasteiger partial charge < -0.3 is 10.1 Å². The van der Waals surface area contributed by atoms with Crippen LogP contribution in [-0.2, 0) is 4.74 Å². The summed E-state index contributed by atoms with van der Waals surface area (Å²) < 4.78 is 19.0. The third-order valence-electron chi connectivity index (χ3n) is 4.40. The first-order chi connectivity index (χ1) is 9.83. The molecule has 0 spiro atoms. The normalized spacial score (nSPS) is 27.1. The largest absolute Gasteiger partial charge is 0.384 e. The molecule has 3 rings (SSSR count). The highest BCUT2D eigenvalue weighted by Gasteiger charge is 2.33. The van der Waals surface area contributed by atoms with Crippen LogP contribution in [0.1, 0.15) is 25.7 Å². The number of anilines is 1. The molecule has 1 aromatic rings. The molecule has 0 aromatic heterocycles. The number of nitrogens with zero attached hydrogens (tertiary/aromatic N) is 1. The van der Waals surface area contributed by atoms with Crippen LogP contribution >= 0.6 is 0 Å². The molecule has 0 bridgehead atoms. The number of hydrogen-bond acceptors (Lipinski definition) is 3. The molecule has 1 aromatic carbocycles. The zero-order valence-corrected chi connectivity index (χ0v) is 11.9. The van der Waals surface area contributed by atoms with Crippen LogP contribution in [0, 0.1) is 5.82 Å². The Kier molecular flexibility index (Phi) is 4.53. The van der Waals surface area contributed by atoms with Crippen molar-refractivity contribution in [1.82, 2.24) is 4.90 Å². The van der Waals surface area contributed by atoms with Gasteiger partial charge in [-0.3, -0.25) is 4.90 Å². The fourth-order valence-electron chi connectivity index (χ4n) is 3.40. The molecule has 4 heteroatoms. The Bertz CT molecular complexity index is 438. The molecule has 2 fully saturated rings. The number of rotatable bonds is 4. The molecule has 2 unspecified atom stereocenters. The van der Waals surface area contributed by atoms with E-state index in [1.165, 1.54) is 31.7 Å². The number of halogens is 1. The SMILES string of the molecule is Fc1cccc(NCCN2CCOC3CCCCC32)c1. The first kappa shape index (κ1) is 13.8. The average molecular weight is 278 g/mol. The standard InChI is InChI=1S/C16H23FN2O/c17-13-4-3-5-14(12-13)18-8-9-19-10-11-20-16-7-2-1-6-15(16)19/h3-5,12,15-16,18H,1-2,6-11H2. The van der Waals surface area contributed by atoms with Gasteiger partial charge in [0, 0.05) is 31.4 Å². The summed E-state index contributed by atoms with van der Waals surface area (Å²) in [6.07, 6.45) is 5.52. The zero-order valence-electron chi connectivity index (χ0n) is 11.9. The van der Waals surface area contributed by atoms with Crippen molar-refractivity contribution < 1.29 is 9.13 Å². The van der Waals surface area contributed by atoms with Crippen molar-refractivity contribution in [3.8, 4) is 0 Å². The topological polar surface area (TPSA) is 24.5 Å². The van der Waals surface area contributed by atoms with Gasteiger partial charge in [0.1, 0.15) is 5.82 Å². The summed E-state index contributed by atoms with van der Waals surface area (Å²) in [7, 11) is 0. The molecule has 2 aliphatic rings. The number of hydrogen-bond donors (Lipinski definition) is 1. The van der Waals surface area contributed by atoms with E-state index in [1.54, 1.807) is 12.1 Å². The van der Waals surface area contributed by atoms with Crippen LogP contribution in [0.25, 0.3) is 0 Å². The lowest BCUT2D eigenvalue weighted by atomic mass is 9.90. The fourth-order valence-corrected chi connectivity index (χ4v) is 3.40. The minimum absolute atomic E-state index is 0.186. The molecule has 20 heavy (non-hydrogen) atoms. The van der Waals surface area contributed by atoms with Gasteiger partial charge in [0.25, 0.3) is 0 Å². The molecular weight excluding hydrogens is 255 g/mol. The Morgan fingerprint density at radius 3 is 3.10 bits per heavy atom. The summed E-state index contributed by atoms with van der Waals surface area (Å²) in [5.41, 5.74) is 0.860. The van der Waals surface area contributed by atoms with Crippen molar-refractivity contribution in [3.05, 3.63) is 30.1 Å². The third-order valence-corrected chi connectivity index (χ3v) is 4.40. The smallest absolute Gasteiger partial charge is 0.125 e. The second-order valence-electron chi connectivity index (χ2n) is 5.73. The summed E-state index contributed by atoms with van der Waals surface area (Å²) in [4.78, 5) is 2.54. The number of fused-ring (bicyclic) bond motifs is 1. The van der Waals surface area contributed by atoms with E-state index < -0.39 is 0 Å². The first-order valence-electron chi connectivity index (χ1n) is 7.68. The van der Waals surface area contributed by atoms with E-state index in [2.05, 4.69) is 10.2 Å². The molecule has 2 atom stereocenters. The molecule has 1 heterocycles. The lowest BCUT2D eigenvalue weighted by Crippen LogP contribution is -2.53. The van der Waals surface area contributed by atoms with Crippen LogP contribution in [-0.4, -0.2) is 43.3 Å². The molecule has 1 aliphatic carbocycles. The van der Waals surface area contributed by atoms with E-state index in [0.29, 0.717) is 12.1 Å². The van der Waals surface area contributed by atoms with Gasteiger partial charge in [0.2, 0.25) is 0 Å². The summed E-state index contributed by atoms with van der Waals surface area (Å²) in [5, 5.41) is 3.31. The molecule has 1 saturated carbocycles. The van der Waals surface area contributed by atoms with Crippen LogP contribution in [0.5, 0.6) is 0 Å². The monoisotopic (exact) mass is 278 g/mol. The summed E-state index contributed by atoms with van der Waals surface area (Å²) in [5.74, 6) is -0.186. The van der Waals surface area contributed by atoms with Gasteiger partial charge in [0.15, 0.2) is 0 Å². The van der Waals surface area contributed by atoms with Crippen LogP contribution in [0.3, 0.4) is 0 Å². The van der Waals surface area contributed by atoms with Gasteiger partial charge in [-0.15, -0.1) is 0 Å². The molecule has 1 saturated heterocycles. The van der Waals surface area contributed by atoms with E-state index >= 15 is 0 Å². The van der Waals surface area contributed by atoms with Crippen molar-refractivity contribution in [1.29, 1.82) is 0 Å². The van der Waals surface area contributed by atoms with Gasteiger partial charge in [-0.25, -0.2) is 4.39 Å². The molecule has 3 nitrogen and oxygen atoms in total. The Labute approximate surface area is 120 Å². The van der Waals surface area contributed by atoms with Crippen molar-refractivity contribution in [2.75, 3.05) is 31.6 Å². The number of nitrogens with one attached hydrogen (secondary N) is 1. The predicted octanol–water partition coefficient (Wildman–Crippen LogP) is 2.88. The molecule has 110 valence electrons. The fraction of sp³-hybridized carbons (Fsp3) is 0.625. The summed E-state index contributed by atoms with van der Waals surface area (Å²) in [6, 6.07) is 7.25. The number of ether oxygens (including phenoxy) is 1. The van der Waals surface area contributed by atoms with Gasteiger partial charge in [-0.2, -0.15) is 0 Å². The molecule has 0 radical (unpaired) electrons. The maximum atomic E-state index is 13.1. The van der Waals surface area contributed by atoms with Crippen LogP contribution in [0.15, 0.2) is 24.3 Å². The van der Waals surface area contributed by atoms with E-state index in [9.17, 15) is 4.39 Å². The van der Waals surface area contributed by atoms with Crippen LogP contribution in [0.2, 0.25) is 0 Å². The van der Waals surface area contributed by atoms with E-state index in [0.717, 1.165) is 31.9 Å². The van der Waals surface area contributed by atoms with Gasteiger partial charge in [0.05, 0.1) is 12.7 Å². The Morgan fingerprint density at radius 1 is 1.30 bits per heavy atom. The van der Waals surface area contributed by atoms with Crippen molar-refractivity contribution in [2.24, 2.45) is 0 Å². The minimum atomic E-state index is -0.186. The Hall–Kier alpha value is -1.13. The second kappa shape index (κ2) is 6.55. The van der Waals surface area contributed by atoms with E-state index in [-0.39, 0.29) is 5.82 Å². The van der Waals surface area contributed by atoms with Crippen LogP contribution in [0.4, 0.5) is 10.1 Å². The molecule has 1 aliphatic heterocycles. The van der Waals surface area contributed by atoms with Crippen molar-refractivity contribution in [3.63, 3.8) is 0 Å². The van der Waals surface area contributed by atoms with Crippen molar-refractivity contribution in [2.45, 2.75) is 37.8 Å². The van der Waals surface area contributed by atoms with Gasteiger partial charge in [-0.05, 0) is 31.0 Å². The minimum Gasteiger partial charge on any atom is -0.384 e. The zero-order chi connectivity index (χ0) is 13.8. The molecule has 1 N–H and O–H groups in total. The maximum Gasteiger partial charge on any atom is 0.125 e. The predicted molar refractivity (Wildman–Crippen MR) is 78.5 cm³/mol. The quantitative estimate of drug-likeness (QED) is 0.916. The van der Waals surface area contributed by atoms with Crippen LogP contribution < -0.4 is 5.32 Å². The summed E-state index contributed by atoms with van der Waals surface area (Å²) in [6.45, 7) is 3.72. The molecule has 0 amide bonds. The molecular formula is C16H23FN2O. The second-order valence-corrected chi connectivity index (χ2v) is 5.73. The highest BCUT2D eigenvalue weighted by molar-refractivity contribution is 5.42. The first-order valence-corrected chi connectivity index (χ1v) is 7.68. The average Bonchev–Trinajstić information content (AvgIpc) is 2.48. The summed E-state index contributed by atoms with van der Waals surface area (Å²) >= 11 is 0. The van der Waals surface area contributed by atoms with Crippen molar-refractivity contribution >= 4 is 5.69 Å². The van der Waals surface area contributed by atoms with E-state index in [4.69, 9.17) is 4.74 Å². The lowest BCUT2D eigenvalue weighted by Gasteiger charge is -2.43. The highest BCUT2D eigenvalue weighted by Crippen LogP contribution is 2.28. The van der Waals surface area contributed by atoms with Gasteiger partial charge >= 0.3 is 0 Å². The number of benzene rings is 1.